The van der Waals surface area contributed by atoms with Gasteiger partial charge in [-0.15, -0.1) is 0 Å². The van der Waals surface area contributed by atoms with Gasteiger partial charge in [0.15, 0.2) is 0 Å². The van der Waals surface area contributed by atoms with E-state index in [4.69, 9.17) is 4.74 Å². The summed E-state index contributed by atoms with van der Waals surface area (Å²) in [6.07, 6.45) is 0.867. The summed E-state index contributed by atoms with van der Waals surface area (Å²) >= 11 is 0. The molecule has 6 heteroatoms. The van der Waals surface area contributed by atoms with E-state index < -0.39 is 11.9 Å². The maximum Gasteiger partial charge on any atom is 0.310 e. The summed E-state index contributed by atoms with van der Waals surface area (Å²) in [7, 11) is 0. The number of amides is 1. The molecule has 2 atom stereocenters. The molecule has 1 heterocycles. The Bertz CT molecular complexity index is 352. The van der Waals surface area contributed by atoms with E-state index in [1.54, 1.807) is 0 Å². The molecular weight excluding hydrogens is 260 g/mol. The van der Waals surface area contributed by atoms with E-state index >= 15 is 0 Å². The first-order chi connectivity index (χ1) is 9.24. The minimum Gasteiger partial charge on any atom is -0.481 e. The third kappa shape index (κ3) is 5.09. The highest BCUT2D eigenvalue weighted by Crippen LogP contribution is 2.20. The first kappa shape index (κ1) is 16.9. The van der Waals surface area contributed by atoms with Crippen LogP contribution in [0, 0.1) is 5.92 Å². The number of rotatable bonds is 6. The smallest absolute Gasteiger partial charge is 0.310 e. The lowest BCUT2D eigenvalue weighted by Crippen LogP contribution is -2.51. The quantitative estimate of drug-likeness (QED) is 0.752. The van der Waals surface area contributed by atoms with Crippen LogP contribution in [0.3, 0.4) is 0 Å². The molecule has 0 spiro atoms. The highest BCUT2D eigenvalue weighted by Gasteiger charge is 2.38. The molecule has 0 aromatic rings. The summed E-state index contributed by atoms with van der Waals surface area (Å²) in [4.78, 5) is 25.2. The maximum absolute atomic E-state index is 12.0. The van der Waals surface area contributed by atoms with Crippen molar-refractivity contribution < 1.29 is 19.4 Å². The zero-order chi connectivity index (χ0) is 15.3. The predicted molar refractivity (Wildman–Crippen MR) is 75.5 cm³/mol. The Labute approximate surface area is 120 Å². The number of nitrogens with one attached hydrogen (secondary N) is 1. The number of carbonyl (C=O) groups excluding carboxylic acids is 1. The molecule has 2 unspecified atom stereocenters. The van der Waals surface area contributed by atoms with Gasteiger partial charge in [0.2, 0.25) is 5.91 Å². The van der Waals surface area contributed by atoms with Gasteiger partial charge in [-0.05, 0) is 33.7 Å². The molecule has 116 valence electrons. The fourth-order valence-corrected chi connectivity index (χ4v) is 2.43. The van der Waals surface area contributed by atoms with Crippen molar-refractivity contribution in [1.29, 1.82) is 0 Å². The van der Waals surface area contributed by atoms with Crippen molar-refractivity contribution in [3.63, 3.8) is 0 Å². The topological polar surface area (TPSA) is 78.9 Å². The Balaban J connectivity index is 2.68. The van der Waals surface area contributed by atoms with Crippen molar-refractivity contribution in [2.24, 2.45) is 5.92 Å². The first-order valence-electron chi connectivity index (χ1n) is 7.10. The molecule has 0 saturated carbocycles. The highest BCUT2D eigenvalue weighted by atomic mass is 16.5. The maximum atomic E-state index is 12.0. The lowest BCUT2D eigenvalue weighted by molar-refractivity contribution is -0.143. The fraction of sp³-hybridized carbons (Fsp3) is 0.857. The average Bonchev–Trinajstić information content (AvgIpc) is 2.74. The third-order valence-corrected chi connectivity index (χ3v) is 3.21. The number of carboxylic acids is 1. The fourth-order valence-electron chi connectivity index (χ4n) is 2.43. The lowest BCUT2D eigenvalue weighted by atomic mass is 10.0. The van der Waals surface area contributed by atoms with Crippen LogP contribution in [0.1, 0.15) is 34.1 Å². The van der Waals surface area contributed by atoms with Crippen LogP contribution in [-0.4, -0.2) is 59.8 Å². The summed E-state index contributed by atoms with van der Waals surface area (Å²) in [5.41, 5.74) is -0.284. The van der Waals surface area contributed by atoms with Gasteiger partial charge >= 0.3 is 5.97 Å². The van der Waals surface area contributed by atoms with Gasteiger partial charge in [0.25, 0.3) is 0 Å². The molecule has 0 aromatic carbocycles. The molecule has 1 aliphatic heterocycles. The second kappa shape index (κ2) is 7.04. The summed E-state index contributed by atoms with van der Waals surface area (Å²) < 4.78 is 5.29. The molecule has 2 N–H and O–H groups in total. The van der Waals surface area contributed by atoms with Gasteiger partial charge in [-0.3, -0.25) is 14.5 Å². The Kier molecular flexibility index (Phi) is 5.95. The van der Waals surface area contributed by atoms with E-state index in [9.17, 15) is 14.7 Å². The minimum absolute atomic E-state index is 0.0815. The summed E-state index contributed by atoms with van der Waals surface area (Å²) in [5.74, 6) is -1.49. The van der Waals surface area contributed by atoms with Crippen LogP contribution in [0.25, 0.3) is 0 Å². The van der Waals surface area contributed by atoms with E-state index in [-0.39, 0.29) is 30.6 Å². The standard InChI is InChI=1S/C14H26N2O4/c1-5-6-16(7-12(17)15-14(2,3)4)11-9-20-8-10(11)13(18)19/h10-11H,5-9H2,1-4H3,(H,15,17)(H,18,19). The average molecular weight is 286 g/mol. The number of hydrogen-bond donors (Lipinski definition) is 2. The van der Waals surface area contributed by atoms with E-state index in [1.807, 2.05) is 32.6 Å². The van der Waals surface area contributed by atoms with Crippen LogP contribution >= 0.6 is 0 Å². The zero-order valence-corrected chi connectivity index (χ0v) is 12.8. The predicted octanol–water partition coefficient (Wildman–Crippen LogP) is 0.713. The molecule has 6 nitrogen and oxygen atoms in total. The van der Waals surface area contributed by atoms with Crippen LogP contribution in [0.2, 0.25) is 0 Å². The number of ether oxygens (including phenoxy) is 1. The summed E-state index contributed by atoms with van der Waals surface area (Å²) in [6.45, 7) is 9.29. The number of nitrogens with zero attached hydrogens (tertiary/aromatic N) is 1. The van der Waals surface area contributed by atoms with Crippen LogP contribution < -0.4 is 5.32 Å². The monoisotopic (exact) mass is 286 g/mol. The number of hydrogen-bond acceptors (Lipinski definition) is 4. The van der Waals surface area contributed by atoms with E-state index in [0.717, 1.165) is 6.42 Å². The Morgan fingerprint density at radius 2 is 2.00 bits per heavy atom. The van der Waals surface area contributed by atoms with Crippen LogP contribution in [0.15, 0.2) is 0 Å². The van der Waals surface area contributed by atoms with Crippen molar-refractivity contribution in [3.8, 4) is 0 Å². The molecular formula is C14H26N2O4. The van der Waals surface area contributed by atoms with Crippen LogP contribution in [-0.2, 0) is 14.3 Å². The van der Waals surface area contributed by atoms with Crippen molar-refractivity contribution in [2.75, 3.05) is 26.3 Å². The number of aliphatic carboxylic acids is 1. The Morgan fingerprint density at radius 1 is 1.35 bits per heavy atom. The molecule has 1 amide bonds. The van der Waals surface area contributed by atoms with Gasteiger partial charge in [-0.25, -0.2) is 0 Å². The second-order valence-electron chi connectivity index (χ2n) is 6.32. The Hall–Kier alpha value is -1.14. The van der Waals surface area contributed by atoms with Crippen molar-refractivity contribution >= 4 is 11.9 Å². The molecule has 0 radical (unpaired) electrons. The van der Waals surface area contributed by atoms with E-state index in [1.165, 1.54) is 0 Å². The molecule has 1 fully saturated rings. The Morgan fingerprint density at radius 3 is 2.50 bits per heavy atom. The van der Waals surface area contributed by atoms with E-state index in [2.05, 4.69) is 5.32 Å². The molecule has 20 heavy (non-hydrogen) atoms. The van der Waals surface area contributed by atoms with Crippen molar-refractivity contribution in [2.45, 2.75) is 45.7 Å². The molecule has 1 aliphatic rings. The molecule has 1 saturated heterocycles. The minimum atomic E-state index is -0.857. The molecule has 1 rings (SSSR count). The second-order valence-corrected chi connectivity index (χ2v) is 6.32. The van der Waals surface area contributed by atoms with E-state index in [0.29, 0.717) is 13.2 Å². The van der Waals surface area contributed by atoms with Gasteiger partial charge in [0.1, 0.15) is 0 Å². The van der Waals surface area contributed by atoms with Gasteiger partial charge in [-0.1, -0.05) is 6.92 Å². The van der Waals surface area contributed by atoms with Gasteiger partial charge in [0, 0.05) is 11.6 Å². The van der Waals surface area contributed by atoms with Gasteiger partial charge in [-0.2, -0.15) is 0 Å². The summed E-state index contributed by atoms with van der Waals surface area (Å²) in [6, 6.07) is -0.224. The first-order valence-corrected chi connectivity index (χ1v) is 7.10. The van der Waals surface area contributed by atoms with Crippen molar-refractivity contribution in [3.05, 3.63) is 0 Å². The highest BCUT2D eigenvalue weighted by molar-refractivity contribution is 5.79. The zero-order valence-electron chi connectivity index (χ0n) is 12.8. The largest absolute Gasteiger partial charge is 0.481 e. The van der Waals surface area contributed by atoms with Crippen LogP contribution in [0.4, 0.5) is 0 Å². The van der Waals surface area contributed by atoms with Crippen LogP contribution in [0.5, 0.6) is 0 Å². The molecule has 0 bridgehead atoms. The SMILES string of the molecule is CCCN(CC(=O)NC(C)(C)C)C1COCC1C(=O)O. The normalized spacial score (nSPS) is 23.1. The van der Waals surface area contributed by atoms with Gasteiger partial charge < -0.3 is 15.2 Å². The molecule has 0 aromatic heterocycles. The van der Waals surface area contributed by atoms with Crippen molar-refractivity contribution in [1.82, 2.24) is 10.2 Å². The third-order valence-electron chi connectivity index (χ3n) is 3.21. The van der Waals surface area contributed by atoms with Gasteiger partial charge in [0.05, 0.1) is 25.7 Å². The number of carboxylic acid groups (broad SMARTS) is 1. The molecule has 0 aliphatic carbocycles. The lowest BCUT2D eigenvalue weighted by Gasteiger charge is -2.31. The number of carbonyl (C=O) groups is 2. The summed E-state index contributed by atoms with van der Waals surface area (Å²) in [5, 5.41) is 12.1.